The van der Waals surface area contributed by atoms with Crippen molar-refractivity contribution in [1.82, 2.24) is 4.90 Å². The highest BCUT2D eigenvalue weighted by molar-refractivity contribution is 7.12. The zero-order chi connectivity index (χ0) is 20.5. The molecule has 1 unspecified atom stereocenters. The number of anilines is 1. The number of fused-ring (bicyclic) bond motifs is 1. The normalized spacial score (nSPS) is 16.1. The summed E-state index contributed by atoms with van der Waals surface area (Å²) in [5.74, 6) is 0.578. The first-order chi connectivity index (χ1) is 14.7. The minimum Gasteiger partial charge on any atom is -0.456 e. The van der Waals surface area contributed by atoms with Gasteiger partial charge in [-0.2, -0.15) is 0 Å². The number of benzene rings is 2. The second-order valence-electron chi connectivity index (χ2n) is 7.35. The van der Waals surface area contributed by atoms with Crippen LogP contribution in [0.2, 0.25) is 0 Å². The van der Waals surface area contributed by atoms with Crippen molar-refractivity contribution in [3.8, 4) is 11.3 Å². The zero-order valence-corrected chi connectivity index (χ0v) is 17.0. The first-order valence-electron chi connectivity index (χ1n) is 9.93. The van der Waals surface area contributed by atoms with E-state index >= 15 is 0 Å². The average Bonchev–Trinajstić information content (AvgIpc) is 3.54. The molecular formula is C24H20N2O3S. The minimum absolute atomic E-state index is 0.0668. The summed E-state index contributed by atoms with van der Waals surface area (Å²) in [4.78, 5) is 27.9. The second kappa shape index (κ2) is 7.80. The van der Waals surface area contributed by atoms with E-state index in [1.165, 1.54) is 11.3 Å². The van der Waals surface area contributed by atoms with Crippen molar-refractivity contribution in [2.75, 3.05) is 11.9 Å². The standard InChI is InChI=1S/C24H20N2O3S/c27-23(19-6-3-13-26(19)24(28)22-8-4-14-30-22)25-18-11-9-16(10-12-18)21-15-17-5-1-2-7-20(17)29-21/h1-2,4-5,7-12,14-15,19H,3,6,13H2,(H,25,27). The predicted octanol–water partition coefficient (Wildman–Crippen LogP) is 5.40. The zero-order valence-electron chi connectivity index (χ0n) is 16.2. The Labute approximate surface area is 177 Å². The molecule has 150 valence electrons. The molecule has 1 atom stereocenters. The molecule has 6 heteroatoms. The topological polar surface area (TPSA) is 62.6 Å². The van der Waals surface area contributed by atoms with E-state index in [1.54, 1.807) is 11.0 Å². The monoisotopic (exact) mass is 416 g/mol. The number of thiophene rings is 1. The van der Waals surface area contributed by atoms with Gasteiger partial charge in [-0.15, -0.1) is 11.3 Å². The molecule has 0 radical (unpaired) electrons. The molecule has 2 aromatic carbocycles. The molecule has 0 spiro atoms. The molecule has 30 heavy (non-hydrogen) atoms. The van der Waals surface area contributed by atoms with Crippen molar-refractivity contribution < 1.29 is 14.0 Å². The number of hydrogen-bond donors (Lipinski definition) is 1. The second-order valence-corrected chi connectivity index (χ2v) is 8.30. The van der Waals surface area contributed by atoms with Crippen LogP contribution in [0.4, 0.5) is 5.69 Å². The van der Waals surface area contributed by atoms with E-state index in [0.29, 0.717) is 23.5 Å². The summed E-state index contributed by atoms with van der Waals surface area (Å²) in [7, 11) is 0. The number of carbonyl (C=O) groups excluding carboxylic acids is 2. The third-order valence-electron chi connectivity index (χ3n) is 5.41. The van der Waals surface area contributed by atoms with E-state index in [1.807, 2.05) is 66.0 Å². The predicted molar refractivity (Wildman–Crippen MR) is 119 cm³/mol. The number of furan rings is 1. The van der Waals surface area contributed by atoms with E-state index in [0.717, 1.165) is 28.7 Å². The van der Waals surface area contributed by atoms with Gasteiger partial charge in [-0.3, -0.25) is 9.59 Å². The summed E-state index contributed by atoms with van der Waals surface area (Å²) in [6.45, 7) is 0.611. The Hall–Kier alpha value is -3.38. The lowest BCUT2D eigenvalue weighted by atomic mass is 10.1. The van der Waals surface area contributed by atoms with Crippen LogP contribution < -0.4 is 5.32 Å². The van der Waals surface area contributed by atoms with Gasteiger partial charge < -0.3 is 14.6 Å². The highest BCUT2D eigenvalue weighted by atomic mass is 32.1. The van der Waals surface area contributed by atoms with Crippen LogP contribution in [-0.4, -0.2) is 29.3 Å². The Morgan fingerprint density at radius 1 is 1.03 bits per heavy atom. The number of para-hydroxylation sites is 1. The van der Waals surface area contributed by atoms with Crippen molar-refractivity contribution in [1.29, 1.82) is 0 Å². The molecule has 5 rings (SSSR count). The van der Waals surface area contributed by atoms with E-state index in [4.69, 9.17) is 4.42 Å². The Kier molecular flexibility index (Phi) is 4.85. The maximum atomic E-state index is 12.9. The molecule has 1 N–H and O–H groups in total. The van der Waals surface area contributed by atoms with E-state index in [2.05, 4.69) is 5.32 Å². The summed E-state index contributed by atoms with van der Waals surface area (Å²) in [5, 5.41) is 5.89. The lowest BCUT2D eigenvalue weighted by Gasteiger charge is -2.23. The fraction of sp³-hybridized carbons (Fsp3) is 0.167. The molecule has 1 fully saturated rings. The highest BCUT2D eigenvalue weighted by Crippen LogP contribution is 2.29. The number of hydrogen-bond acceptors (Lipinski definition) is 4. The van der Waals surface area contributed by atoms with Gasteiger partial charge in [0.1, 0.15) is 17.4 Å². The van der Waals surface area contributed by atoms with E-state index in [9.17, 15) is 9.59 Å². The van der Waals surface area contributed by atoms with Gasteiger partial charge in [0.25, 0.3) is 5.91 Å². The van der Waals surface area contributed by atoms with Crippen LogP contribution in [0.25, 0.3) is 22.3 Å². The van der Waals surface area contributed by atoms with Crippen LogP contribution in [0.5, 0.6) is 0 Å². The molecule has 5 nitrogen and oxygen atoms in total. The van der Waals surface area contributed by atoms with Crippen LogP contribution in [-0.2, 0) is 4.79 Å². The molecule has 1 saturated heterocycles. The maximum Gasteiger partial charge on any atom is 0.264 e. The number of carbonyl (C=O) groups is 2. The van der Waals surface area contributed by atoms with Gasteiger partial charge >= 0.3 is 0 Å². The lowest BCUT2D eigenvalue weighted by Crippen LogP contribution is -2.42. The third kappa shape index (κ3) is 3.50. The van der Waals surface area contributed by atoms with E-state index in [-0.39, 0.29) is 11.8 Å². The summed E-state index contributed by atoms with van der Waals surface area (Å²) in [6.07, 6.45) is 1.51. The Morgan fingerprint density at radius 3 is 2.63 bits per heavy atom. The smallest absolute Gasteiger partial charge is 0.264 e. The largest absolute Gasteiger partial charge is 0.456 e. The Morgan fingerprint density at radius 2 is 1.87 bits per heavy atom. The minimum atomic E-state index is -0.436. The van der Waals surface area contributed by atoms with Crippen LogP contribution in [0.15, 0.2) is 76.5 Å². The van der Waals surface area contributed by atoms with Crippen molar-refractivity contribution >= 4 is 39.8 Å². The first-order valence-corrected chi connectivity index (χ1v) is 10.8. The molecule has 0 bridgehead atoms. The van der Waals surface area contributed by atoms with Gasteiger partial charge in [0.2, 0.25) is 5.91 Å². The molecule has 2 amide bonds. The van der Waals surface area contributed by atoms with Crippen molar-refractivity contribution in [3.05, 3.63) is 77.0 Å². The Balaban J connectivity index is 1.29. The molecule has 2 aromatic heterocycles. The number of rotatable bonds is 4. The van der Waals surface area contributed by atoms with Gasteiger partial charge in [-0.05, 0) is 60.7 Å². The fourth-order valence-corrected chi connectivity index (χ4v) is 4.57. The van der Waals surface area contributed by atoms with Gasteiger partial charge in [0, 0.05) is 23.2 Å². The van der Waals surface area contributed by atoms with Crippen molar-refractivity contribution in [3.63, 3.8) is 0 Å². The molecule has 1 aliphatic rings. The Bertz CT molecular complexity index is 1160. The van der Waals surface area contributed by atoms with Crippen LogP contribution in [0.1, 0.15) is 22.5 Å². The number of nitrogens with one attached hydrogen (secondary N) is 1. The maximum absolute atomic E-state index is 12.9. The summed E-state index contributed by atoms with van der Waals surface area (Å²) in [6, 6.07) is 20.7. The highest BCUT2D eigenvalue weighted by Gasteiger charge is 2.34. The SMILES string of the molecule is O=C(Nc1ccc(-c2cc3ccccc3o2)cc1)C1CCCN1C(=O)c1cccs1. The van der Waals surface area contributed by atoms with Crippen LogP contribution in [0, 0.1) is 0 Å². The van der Waals surface area contributed by atoms with E-state index < -0.39 is 6.04 Å². The van der Waals surface area contributed by atoms with Gasteiger partial charge in [-0.1, -0.05) is 24.3 Å². The van der Waals surface area contributed by atoms with Crippen LogP contribution >= 0.6 is 11.3 Å². The molecule has 0 aliphatic carbocycles. The quantitative estimate of drug-likeness (QED) is 0.484. The summed E-state index contributed by atoms with van der Waals surface area (Å²) < 4.78 is 5.90. The van der Waals surface area contributed by atoms with Crippen molar-refractivity contribution in [2.24, 2.45) is 0 Å². The van der Waals surface area contributed by atoms with Crippen molar-refractivity contribution in [2.45, 2.75) is 18.9 Å². The van der Waals surface area contributed by atoms with Crippen LogP contribution in [0.3, 0.4) is 0 Å². The molecule has 4 aromatic rings. The van der Waals surface area contributed by atoms with Gasteiger partial charge in [0.05, 0.1) is 4.88 Å². The average molecular weight is 417 g/mol. The third-order valence-corrected chi connectivity index (χ3v) is 6.27. The number of likely N-dealkylation sites (tertiary alicyclic amines) is 1. The fourth-order valence-electron chi connectivity index (χ4n) is 3.89. The summed E-state index contributed by atoms with van der Waals surface area (Å²) >= 11 is 1.40. The van der Waals surface area contributed by atoms with Gasteiger partial charge in [0.15, 0.2) is 0 Å². The molecule has 3 heterocycles. The summed E-state index contributed by atoms with van der Waals surface area (Å²) in [5.41, 5.74) is 2.50. The molecular weight excluding hydrogens is 396 g/mol. The first kappa shape index (κ1) is 18.6. The molecule has 0 saturated carbocycles. The number of amides is 2. The van der Waals surface area contributed by atoms with Gasteiger partial charge in [-0.25, -0.2) is 0 Å². The number of nitrogens with zero attached hydrogens (tertiary/aromatic N) is 1. The molecule has 1 aliphatic heterocycles. The lowest BCUT2D eigenvalue weighted by molar-refractivity contribution is -0.119.